The van der Waals surface area contributed by atoms with Crippen LogP contribution in [-0.4, -0.2) is 34.3 Å². The Morgan fingerprint density at radius 1 is 0.960 bits per heavy atom. The molecule has 1 aliphatic rings. The van der Waals surface area contributed by atoms with E-state index in [1.54, 1.807) is 17.0 Å². The van der Waals surface area contributed by atoms with Gasteiger partial charge in [0, 0.05) is 5.56 Å². The van der Waals surface area contributed by atoms with Crippen molar-refractivity contribution in [3.63, 3.8) is 0 Å². The molecule has 3 rings (SSSR count). The summed E-state index contributed by atoms with van der Waals surface area (Å²) in [5.41, 5.74) is 1.70. The second-order valence-corrected chi connectivity index (χ2v) is 6.84. The van der Waals surface area contributed by atoms with Gasteiger partial charge < -0.3 is 9.80 Å². The molecule has 0 spiro atoms. The Bertz CT molecular complexity index is 743. The molecule has 2 amide bonds. The summed E-state index contributed by atoms with van der Waals surface area (Å²) in [4.78, 5) is 29.3. The number of carbonyl (C=O) groups excluding carboxylic acids is 2. The van der Waals surface area contributed by atoms with Gasteiger partial charge in [0.05, 0.1) is 6.04 Å². The highest BCUT2D eigenvalue weighted by Crippen LogP contribution is 2.32. The van der Waals surface area contributed by atoms with Crippen LogP contribution >= 0.6 is 0 Å². The smallest absolute Gasteiger partial charge is 0.255 e. The Balaban J connectivity index is 1.92. The number of hydrogen-bond donors (Lipinski definition) is 0. The van der Waals surface area contributed by atoms with Gasteiger partial charge in [-0.15, -0.1) is 0 Å². The van der Waals surface area contributed by atoms with Crippen molar-refractivity contribution in [1.82, 2.24) is 9.80 Å². The molecule has 25 heavy (non-hydrogen) atoms. The zero-order chi connectivity index (χ0) is 18.0. The zero-order valence-corrected chi connectivity index (χ0v) is 14.9. The molecule has 1 heterocycles. The first-order valence-corrected chi connectivity index (χ1v) is 8.73. The molecule has 4 nitrogen and oxygen atoms in total. The van der Waals surface area contributed by atoms with E-state index in [-0.39, 0.29) is 36.5 Å². The normalized spacial score (nSPS) is 18.7. The molecule has 4 heteroatoms. The molecule has 2 aromatic rings. The SMILES string of the molecule is CC(C)[C@H]1N(C(=O)c2ccccc2)CC(=O)N1[C@H](C)c1ccccc1. The van der Waals surface area contributed by atoms with Crippen molar-refractivity contribution in [1.29, 1.82) is 0 Å². The van der Waals surface area contributed by atoms with Crippen LogP contribution in [0.5, 0.6) is 0 Å². The van der Waals surface area contributed by atoms with E-state index in [1.807, 2.05) is 60.4 Å². The van der Waals surface area contributed by atoms with Crippen molar-refractivity contribution in [2.24, 2.45) is 5.92 Å². The maximum Gasteiger partial charge on any atom is 0.255 e. The van der Waals surface area contributed by atoms with Gasteiger partial charge in [-0.05, 0) is 30.5 Å². The third kappa shape index (κ3) is 3.29. The van der Waals surface area contributed by atoms with E-state index in [4.69, 9.17) is 0 Å². The van der Waals surface area contributed by atoms with Crippen LogP contribution in [0.4, 0.5) is 0 Å². The molecular weight excluding hydrogens is 312 g/mol. The molecule has 0 saturated carbocycles. The Hall–Kier alpha value is -2.62. The summed E-state index contributed by atoms with van der Waals surface area (Å²) in [6.07, 6.45) is -0.240. The summed E-state index contributed by atoms with van der Waals surface area (Å²) >= 11 is 0. The molecule has 0 radical (unpaired) electrons. The second-order valence-electron chi connectivity index (χ2n) is 6.84. The predicted molar refractivity (Wildman–Crippen MR) is 97.8 cm³/mol. The van der Waals surface area contributed by atoms with E-state index >= 15 is 0 Å². The fourth-order valence-corrected chi connectivity index (χ4v) is 3.58. The minimum absolute atomic E-state index is 0.000616. The third-order valence-corrected chi connectivity index (χ3v) is 4.78. The Morgan fingerprint density at radius 2 is 1.52 bits per heavy atom. The lowest BCUT2D eigenvalue weighted by Crippen LogP contribution is -2.46. The summed E-state index contributed by atoms with van der Waals surface area (Å²) in [6, 6.07) is 19.1. The number of amides is 2. The van der Waals surface area contributed by atoms with Gasteiger partial charge in [0.15, 0.2) is 0 Å². The monoisotopic (exact) mass is 336 g/mol. The fourth-order valence-electron chi connectivity index (χ4n) is 3.58. The average molecular weight is 336 g/mol. The number of nitrogens with zero attached hydrogens (tertiary/aromatic N) is 2. The van der Waals surface area contributed by atoms with Crippen LogP contribution in [0.15, 0.2) is 60.7 Å². The number of carbonyl (C=O) groups is 2. The van der Waals surface area contributed by atoms with Gasteiger partial charge in [-0.3, -0.25) is 9.59 Å². The lowest BCUT2D eigenvalue weighted by Gasteiger charge is -2.36. The van der Waals surface area contributed by atoms with Gasteiger partial charge in [-0.25, -0.2) is 0 Å². The molecule has 2 atom stereocenters. The topological polar surface area (TPSA) is 40.6 Å². The minimum Gasteiger partial charge on any atom is -0.314 e. The van der Waals surface area contributed by atoms with E-state index in [0.29, 0.717) is 5.56 Å². The molecule has 0 bridgehead atoms. The van der Waals surface area contributed by atoms with E-state index < -0.39 is 0 Å². The molecule has 130 valence electrons. The van der Waals surface area contributed by atoms with Gasteiger partial charge in [0.25, 0.3) is 5.91 Å². The van der Waals surface area contributed by atoms with Crippen molar-refractivity contribution < 1.29 is 9.59 Å². The Morgan fingerprint density at radius 3 is 2.08 bits per heavy atom. The largest absolute Gasteiger partial charge is 0.314 e. The van der Waals surface area contributed by atoms with Gasteiger partial charge >= 0.3 is 0 Å². The van der Waals surface area contributed by atoms with E-state index in [1.165, 1.54) is 0 Å². The summed E-state index contributed by atoms with van der Waals surface area (Å²) in [7, 11) is 0. The lowest BCUT2D eigenvalue weighted by atomic mass is 10.0. The Kier molecular flexibility index (Phi) is 4.88. The Labute approximate surface area is 149 Å². The van der Waals surface area contributed by atoms with Crippen LogP contribution in [0.25, 0.3) is 0 Å². The number of hydrogen-bond acceptors (Lipinski definition) is 2. The maximum atomic E-state index is 13.0. The molecule has 2 aromatic carbocycles. The average Bonchev–Trinajstić information content (AvgIpc) is 2.99. The molecule has 0 N–H and O–H groups in total. The van der Waals surface area contributed by atoms with Crippen molar-refractivity contribution in [2.45, 2.75) is 33.0 Å². The van der Waals surface area contributed by atoms with Gasteiger partial charge in [0.2, 0.25) is 5.91 Å². The second kappa shape index (κ2) is 7.09. The van der Waals surface area contributed by atoms with E-state index in [0.717, 1.165) is 5.56 Å². The highest BCUT2D eigenvalue weighted by atomic mass is 16.2. The van der Waals surface area contributed by atoms with Gasteiger partial charge in [0.1, 0.15) is 12.7 Å². The van der Waals surface area contributed by atoms with Crippen LogP contribution in [0.3, 0.4) is 0 Å². The standard InChI is InChI=1S/C21H24N2O2/c1-15(2)20-22(21(25)18-12-8-5-9-13-18)14-19(24)23(20)16(3)17-10-6-4-7-11-17/h4-13,15-16,20H,14H2,1-3H3/t16-,20+/m1/s1. The molecule has 0 aromatic heterocycles. The van der Waals surface area contributed by atoms with Crippen LogP contribution < -0.4 is 0 Å². The van der Waals surface area contributed by atoms with Crippen LogP contribution in [-0.2, 0) is 4.79 Å². The lowest BCUT2D eigenvalue weighted by molar-refractivity contribution is -0.130. The van der Waals surface area contributed by atoms with Crippen LogP contribution in [0, 0.1) is 5.92 Å². The molecule has 1 fully saturated rings. The van der Waals surface area contributed by atoms with E-state index in [9.17, 15) is 9.59 Å². The van der Waals surface area contributed by atoms with Crippen molar-refractivity contribution >= 4 is 11.8 Å². The summed E-state index contributed by atoms with van der Waals surface area (Å²) in [5, 5.41) is 0. The molecular formula is C21H24N2O2. The predicted octanol–water partition coefficient (Wildman–Crippen LogP) is 3.71. The molecule has 0 unspecified atom stereocenters. The number of rotatable bonds is 4. The summed E-state index contributed by atoms with van der Waals surface area (Å²) in [5.74, 6) is 0.0556. The summed E-state index contributed by atoms with van der Waals surface area (Å²) in [6.45, 7) is 6.27. The van der Waals surface area contributed by atoms with Crippen molar-refractivity contribution in [2.75, 3.05) is 6.54 Å². The molecule has 1 aliphatic heterocycles. The first kappa shape index (κ1) is 17.2. The van der Waals surface area contributed by atoms with Crippen LogP contribution in [0.1, 0.15) is 42.7 Å². The first-order chi connectivity index (χ1) is 12.0. The number of benzene rings is 2. The molecule has 0 aliphatic carbocycles. The highest BCUT2D eigenvalue weighted by Gasteiger charge is 2.44. The third-order valence-electron chi connectivity index (χ3n) is 4.78. The van der Waals surface area contributed by atoms with Gasteiger partial charge in [-0.2, -0.15) is 0 Å². The minimum atomic E-state index is -0.240. The van der Waals surface area contributed by atoms with Crippen molar-refractivity contribution in [3.05, 3.63) is 71.8 Å². The zero-order valence-electron chi connectivity index (χ0n) is 14.9. The molecule has 1 saturated heterocycles. The highest BCUT2D eigenvalue weighted by molar-refractivity contribution is 5.98. The van der Waals surface area contributed by atoms with Gasteiger partial charge in [-0.1, -0.05) is 62.4 Å². The van der Waals surface area contributed by atoms with E-state index in [2.05, 4.69) is 13.8 Å². The summed E-state index contributed by atoms with van der Waals surface area (Å²) < 4.78 is 0. The first-order valence-electron chi connectivity index (χ1n) is 8.73. The van der Waals surface area contributed by atoms with Crippen LogP contribution in [0.2, 0.25) is 0 Å². The quantitative estimate of drug-likeness (QED) is 0.854. The maximum absolute atomic E-state index is 13.0. The van der Waals surface area contributed by atoms with Crippen molar-refractivity contribution in [3.8, 4) is 0 Å². The fraction of sp³-hybridized carbons (Fsp3) is 0.333.